The van der Waals surface area contributed by atoms with Gasteiger partial charge in [0.2, 0.25) is 0 Å². The summed E-state index contributed by atoms with van der Waals surface area (Å²) in [4.78, 5) is 14.8. The summed E-state index contributed by atoms with van der Waals surface area (Å²) in [5.74, 6) is -0.0180. The first-order valence-corrected chi connectivity index (χ1v) is 11.5. The van der Waals surface area contributed by atoms with Crippen molar-refractivity contribution in [3.63, 3.8) is 0 Å². The molecule has 0 saturated heterocycles. The van der Waals surface area contributed by atoms with Crippen molar-refractivity contribution in [2.75, 3.05) is 18.0 Å². The standard InChI is InChI=1S/C18H16N4O7S2/c1-30-29-28-21-15-5-3-4-12-16(23)9-8-14(18(12)15)20-19-13-7-6-11(22(24)25)10-17(13)31(2,26)27/h3-10,21,23H,1-2H3. The Balaban J connectivity index is 2.12. The first-order chi connectivity index (χ1) is 14.7. The topological polar surface area (TPSA) is 153 Å². The zero-order chi connectivity index (χ0) is 22.6. The Hall–Kier alpha value is -3.26. The lowest BCUT2D eigenvalue weighted by atomic mass is 10.1. The molecule has 0 aliphatic heterocycles. The van der Waals surface area contributed by atoms with Gasteiger partial charge in [-0.05, 0) is 24.3 Å². The van der Waals surface area contributed by atoms with E-state index in [0.717, 1.165) is 30.4 Å². The van der Waals surface area contributed by atoms with Crippen molar-refractivity contribution < 1.29 is 27.8 Å². The number of rotatable bonds is 8. The maximum atomic E-state index is 12.1. The smallest absolute Gasteiger partial charge is 0.270 e. The molecule has 3 aromatic carbocycles. The van der Waals surface area contributed by atoms with Gasteiger partial charge in [-0.3, -0.25) is 10.1 Å². The first-order valence-electron chi connectivity index (χ1n) is 8.49. The van der Waals surface area contributed by atoms with Crippen molar-refractivity contribution in [1.82, 2.24) is 0 Å². The largest absolute Gasteiger partial charge is 0.507 e. The van der Waals surface area contributed by atoms with Crippen LogP contribution in [0.2, 0.25) is 0 Å². The van der Waals surface area contributed by atoms with Crippen molar-refractivity contribution in [3.8, 4) is 5.75 Å². The molecule has 2 N–H and O–H groups in total. The van der Waals surface area contributed by atoms with Gasteiger partial charge in [0.25, 0.3) is 5.69 Å². The quantitative estimate of drug-likeness (QED) is 0.119. The molecule has 11 nitrogen and oxygen atoms in total. The van der Waals surface area contributed by atoms with Crippen LogP contribution in [-0.2, 0) is 19.2 Å². The Morgan fingerprint density at radius 3 is 2.52 bits per heavy atom. The molecule has 0 bridgehead atoms. The summed E-state index contributed by atoms with van der Waals surface area (Å²) in [6, 6.07) is 11.1. The number of fused-ring (bicyclic) bond motifs is 1. The van der Waals surface area contributed by atoms with Crippen molar-refractivity contribution in [3.05, 3.63) is 58.6 Å². The molecule has 0 amide bonds. The minimum absolute atomic E-state index is 0.0180. The summed E-state index contributed by atoms with van der Waals surface area (Å²) < 4.78 is 28.9. The number of nitro groups is 1. The number of hydrogen-bond donors (Lipinski definition) is 2. The molecule has 3 rings (SSSR count). The number of aromatic hydroxyl groups is 1. The number of nitro benzene ring substituents is 1. The van der Waals surface area contributed by atoms with Crippen LogP contribution in [0.4, 0.5) is 22.7 Å². The van der Waals surface area contributed by atoms with E-state index in [1.165, 1.54) is 18.2 Å². The van der Waals surface area contributed by atoms with Gasteiger partial charge < -0.3 is 5.11 Å². The molecular formula is C18H16N4O7S2. The lowest BCUT2D eigenvalue weighted by Crippen LogP contribution is -1.99. The van der Waals surface area contributed by atoms with Gasteiger partial charge in [-0.25, -0.2) is 13.9 Å². The van der Waals surface area contributed by atoms with Gasteiger partial charge in [-0.15, -0.1) is 19.6 Å². The van der Waals surface area contributed by atoms with Crippen molar-refractivity contribution in [2.24, 2.45) is 10.2 Å². The highest BCUT2D eigenvalue weighted by Crippen LogP contribution is 2.39. The van der Waals surface area contributed by atoms with Crippen LogP contribution in [0.5, 0.6) is 5.75 Å². The number of benzene rings is 3. The third-order valence-corrected chi connectivity index (χ3v) is 5.40. The summed E-state index contributed by atoms with van der Waals surface area (Å²) in [5.41, 5.74) is 2.82. The fraction of sp³-hybridized carbons (Fsp3) is 0.111. The molecular weight excluding hydrogens is 448 g/mol. The zero-order valence-corrected chi connectivity index (χ0v) is 17.8. The summed E-state index contributed by atoms with van der Waals surface area (Å²) >= 11 is 0.967. The Morgan fingerprint density at radius 1 is 1.13 bits per heavy atom. The molecule has 0 aliphatic carbocycles. The van der Waals surface area contributed by atoms with E-state index in [-0.39, 0.29) is 27.7 Å². The van der Waals surface area contributed by atoms with Gasteiger partial charge in [-0.2, -0.15) is 0 Å². The number of nitrogens with one attached hydrogen (secondary N) is 1. The van der Waals surface area contributed by atoms with Gasteiger partial charge in [0.1, 0.15) is 16.3 Å². The maximum Gasteiger partial charge on any atom is 0.270 e. The lowest BCUT2D eigenvalue weighted by Gasteiger charge is -2.10. The number of nitrogens with zero attached hydrogens (tertiary/aromatic N) is 3. The molecule has 3 aromatic rings. The highest BCUT2D eigenvalue weighted by Gasteiger charge is 2.19. The van der Waals surface area contributed by atoms with Crippen LogP contribution >= 0.6 is 12.0 Å². The van der Waals surface area contributed by atoms with Gasteiger partial charge >= 0.3 is 0 Å². The minimum atomic E-state index is -3.82. The number of non-ortho nitro benzene ring substituents is 1. The third kappa shape index (κ3) is 5.08. The maximum absolute atomic E-state index is 12.1. The number of phenolic OH excluding ortho intramolecular Hbond substituents is 1. The molecule has 0 saturated carbocycles. The molecule has 0 atom stereocenters. The van der Waals surface area contributed by atoms with Gasteiger partial charge in [0, 0.05) is 47.5 Å². The van der Waals surface area contributed by atoms with Crippen LogP contribution in [0.25, 0.3) is 10.8 Å². The number of anilines is 1. The van der Waals surface area contributed by atoms with Gasteiger partial charge in [-0.1, -0.05) is 12.1 Å². The highest BCUT2D eigenvalue weighted by atomic mass is 32.2. The van der Waals surface area contributed by atoms with E-state index in [1.807, 2.05) is 0 Å². The molecule has 0 spiro atoms. The van der Waals surface area contributed by atoms with Crippen LogP contribution in [0.1, 0.15) is 0 Å². The minimum Gasteiger partial charge on any atom is -0.507 e. The SMILES string of the molecule is CSOONc1cccc2c(O)ccc(N=Nc3ccc([N+](=O)[O-])cc3S(C)(=O)=O)c12. The Bertz CT molecular complexity index is 1280. The number of hydrogen-bond acceptors (Lipinski definition) is 11. The van der Waals surface area contributed by atoms with Gasteiger partial charge in [0.05, 0.1) is 16.3 Å². The van der Waals surface area contributed by atoms with E-state index >= 15 is 0 Å². The average Bonchev–Trinajstić information content (AvgIpc) is 2.73. The van der Waals surface area contributed by atoms with E-state index in [1.54, 1.807) is 24.5 Å². The molecule has 0 unspecified atom stereocenters. The van der Waals surface area contributed by atoms with Crippen LogP contribution < -0.4 is 5.48 Å². The highest BCUT2D eigenvalue weighted by molar-refractivity contribution is 7.93. The summed E-state index contributed by atoms with van der Waals surface area (Å²) in [7, 11) is -3.82. The Labute approximate surface area is 180 Å². The van der Waals surface area contributed by atoms with Crippen LogP contribution in [-0.4, -0.2) is 31.0 Å². The average molecular weight is 464 g/mol. The normalized spacial score (nSPS) is 11.8. The number of phenols is 1. The predicted octanol–water partition coefficient (Wildman–Crippen LogP) is 4.83. The third-order valence-electron chi connectivity index (χ3n) is 4.07. The Kier molecular flexibility index (Phi) is 6.70. The van der Waals surface area contributed by atoms with Crippen LogP contribution in [0, 0.1) is 10.1 Å². The summed E-state index contributed by atoms with van der Waals surface area (Å²) in [5, 5.41) is 30.2. The molecule has 0 fully saturated rings. The molecule has 0 radical (unpaired) electrons. The second kappa shape index (κ2) is 9.26. The second-order valence-electron chi connectivity index (χ2n) is 6.13. The van der Waals surface area contributed by atoms with E-state index in [9.17, 15) is 23.6 Å². The summed E-state index contributed by atoms with van der Waals surface area (Å²) in [6.07, 6.45) is 2.58. The summed E-state index contributed by atoms with van der Waals surface area (Å²) in [6.45, 7) is 0. The van der Waals surface area contributed by atoms with E-state index in [0.29, 0.717) is 16.5 Å². The molecule has 0 aromatic heterocycles. The first kappa shape index (κ1) is 22.4. The van der Waals surface area contributed by atoms with Crippen LogP contribution in [0.15, 0.2) is 63.7 Å². The van der Waals surface area contributed by atoms with E-state index in [2.05, 4.69) is 15.7 Å². The van der Waals surface area contributed by atoms with Crippen molar-refractivity contribution in [2.45, 2.75) is 4.90 Å². The number of azo groups is 1. The second-order valence-corrected chi connectivity index (χ2v) is 8.59. The lowest BCUT2D eigenvalue weighted by molar-refractivity contribution is -0.385. The zero-order valence-electron chi connectivity index (χ0n) is 16.2. The molecule has 0 aliphatic rings. The monoisotopic (exact) mass is 464 g/mol. The van der Waals surface area contributed by atoms with Crippen LogP contribution in [0.3, 0.4) is 0 Å². The molecule has 0 heterocycles. The molecule has 162 valence electrons. The fourth-order valence-corrected chi connectivity index (χ4v) is 3.67. The van der Waals surface area contributed by atoms with Gasteiger partial charge in [0.15, 0.2) is 9.84 Å². The van der Waals surface area contributed by atoms with Crippen molar-refractivity contribution >= 4 is 55.4 Å². The van der Waals surface area contributed by atoms with Crippen molar-refractivity contribution in [1.29, 1.82) is 0 Å². The predicted molar refractivity (Wildman–Crippen MR) is 115 cm³/mol. The van der Waals surface area contributed by atoms with E-state index in [4.69, 9.17) is 9.32 Å². The number of sulfone groups is 1. The fourth-order valence-electron chi connectivity index (χ4n) is 2.74. The molecule has 13 heteroatoms. The Morgan fingerprint density at radius 2 is 1.84 bits per heavy atom. The van der Waals surface area contributed by atoms with E-state index < -0.39 is 14.8 Å². The molecule has 31 heavy (non-hydrogen) atoms.